The van der Waals surface area contributed by atoms with E-state index in [0.717, 1.165) is 12.8 Å². The van der Waals surface area contributed by atoms with Crippen molar-refractivity contribution in [1.29, 1.82) is 0 Å². The molecule has 2 aromatic rings. The summed E-state index contributed by atoms with van der Waals surface area (Å²) in [6, 6.07) is 14.8. The first-order valence-corrected chi connectivity index (χ1v) is 9.88. The number of unbranched alkanes of at least 4 members (excludes halogenated alkanes) is 1. The summed E-state index contributed by atoms with van der Waals surface area (Å²) in [6.07, 6.45) is 2.61. The highest BCUT2D eigenvalue weighted by molar-refractivity contribution is 6.36. The van der Waals surface area contributed by atoms with Gasteiger partial charge in [-0.3, -0.25) is 14.5 Å². The lowest BCUT2D eigenvalue weighted by Crippen LogP contribution is -2.34. The molecule has 0 atom stereocenters. The Hall–Kier alpha value is -2.99. The van der Waals surface area contributed by atoms with Gasteiger partial charge >= 0.3 is 0 Å². The average molecular weight is 396 g/mol. The molecule has 0 fully saturated rings. The second-order valence-corrected chi connectivity index (χ2v) is 6.83. The lowest BCUT2D eigenvalue weighted by Gasteiger charge is -2.15. The number of hydrogen-bond acceptors (Lipinski definition) is 4. The van der Waals surface area contributed by atoms with Crippen LogP contribution < -0.4 is 5.32 Å². The fraction of sp³-hybridized carbons (Fsp3) is 0.304. The highest BCUT2D eigenvalue weighted by atomic mass is 19.1. The fourth-order valence-corrected chi connectivity index (χ4v) is 3.12. The monoisotopic (exact) mass is 396 g/mol. The molecule has 0 bridgehead atoms. The number of benzene rings is 2. The molecular formula is C23H25FN2O3. The molecule has 2 amide bonds. The van der Waals surface area contributed by atoms with E-state index in [4.69, 9.17) is 4.74 Å². The Labute approximate surface area is 170 Å². The number of nitrogens with zero attached hydrogens (tertiary/aromatic N) is 1. The maximum absolute atomic E-state index is 13.4. The zero-order chi connectivity index (χ0) is 20.6. The van der Waals surface area contributed by atoms with Gasteiger partial charge in [-0.1, -0.05) is 43.7 Å². The second-order valence-electron chi connectivity index (χ2n) is 6.83. The second kappa shape index (κ2) is 9.98. The molecule has 1 aliphatic rings. The molecule has 6 heteroatoms. The number of carbonyl (C=O) groups is 2. The van der Waals surface area contributed by atoms with Gasteiger partial charge in [-0.25, -0.2) is 4.39 Å². The van der Waals surface area contributed by atoms with Crippen LogP contribution in [0.3, 0.4) is 0 Å². The lowest BCUT2D eigenvalue weighted by atomic mass is 10.0. The van der Waals surface area contributed by atoms with Gasteiger partial charge in [-0.05, 0) is 42.7 Å². The Balaban J connectivity index is 1.80. The smallest absolute Gasteiger partial charge is 0.278 e. The van der Waals surface area contributed by atoms with E-state index in [2.05, 4.69) is 12.2 Å². The third-order valence-corrected chi connectivity index (χ3v) is 4.66. The van der Waals surface area contributed by atoms with Crippen molar-refractivity contribution in [3.63, 3.8) is 0 Å². The van der Waals surface area contributed by atoms with Crippen LogP contribution >= 0.6 is 0 Å². The summed E-state index contributed by atoms with van der Waals surface area (Å²) in [5, 5.41) is 3.08. The van der Waals surface area contributed by atoms with Gasteiger partial charge in [0.1, 0.15) is 11.5 Å². The van der Waals surface area contributed by atoms with Crippen molar-refractivity contribution in [3.05, 3.63) is 71.7 Å². The molecule has 29 heavy (non-hydrogen) atoms. The zero-order valence-electron chi connectivity index (χ0n) is 16.5. The van der Waals surface area contributed by atoms with Gasteiger partial charge in [0.2, 0.25) is 0 Å². The van der Waals surface area contributed by atoms with E-state index in [-0.39, 0.29) is 29.6 Å². The summed E-state index contributed by atoms with van der Waals surface area (Å²) in [5.74, 6) is -1.16. The number of anilines is 1. The standard InChI is InChI=1S/C23H25FN2O3/c1-2-3-15-29-16-7-14-26-22(27)20(17-10-12-18(24)13-11-17)21(23(26)28)25-19-8-5-4-6-9-19/h4-6,8-13,25H,2-3,7,14-16H2,1H3. The van der Waals surface area contributed by atoms with Crippen LogP contribution in [-0.4, -0.2) is 36.5 Å². The van der Waals surface area contributed by atoms with Gasteiger partial charge in [0.05, 0.1) is 5.57 Å². The Morgan fingerprint density at radius 2 is 1.62 bits per heavy atom. The zero-order valence-corrected chi connectivity index (χ0v) is 16.5. The molecule has 1 N–H and O–H groups in total. The maximum Gasteiger partial charge on any atom is 0.278 e. The molecule has 0 radical (unpaired) electrons. The Bertz CT molecular complexity index is 879. The number of halogens is 1. The molecule has 1 heterocycles. The number of amides is 2. The van der Waals surface area contributed by atoms with Gasteiger partial charge in [-0.2, -0.15) is 0 Å². The van der Waals surface area contributed by atoms with Crippen molar-refractivity contribution in [2.24, 2.45) is 0 Å². The van der Waals surface area contributed by atoms with Crippen LogP contribution in [0.5, 0.6) is 0 Å². The van der Waals surface area contributed by atoms with Crippen LogP contribution in [0.1, 0.15) is 31.7 Å². The molecule has 0 aromatic heterocycles. The molecule has 0 spiro atoms. The highest BCUT2D eigenvalue weighted by Gasteiger charge is 2.38. The van der Waals surface area contributed by atoms with E-state index in [1.54, 1.807) is 0 Å². The lowest BCUT2D eigenvalue weighted by molar-refractivity contribution is -0.137. The third kappa shape index (κ3) is 5.09. The first-order chi connectivity index (χ1) is 14.1. The minimum atomic E-state index is -0.398. The summed E-state index contributed by atoms with van der Waals surface area (Å²) < 4.78 is 18.9. The largest absolute Gasteiger partial charge is 0.381 e. The van der Waals surface area contributed by atoms with Crippen molar-refractivity contribution in [1.82, 2.24) is 4.90 Å². The van der Waals surface area contributed by atoms with Crippen molar-refractivity contribution >= 4 is 23.1 Å². The van der Waals surface area contributed by atoms with Crippen molar-refractivity contribution < 1.29 is 18.7 Å². The number of para-hydroxylation sites is 1. The summed E-state index contributed by atoms with van der Waals surface area (Å²) in [6.45, 7) is 3.53. The Kier molecular flexibility index (Phi) is 7.14. The summed E-state index contributed by atoms with van der Waals surface area (Å²) in [4.78, 5) is 27.3. The van der Waals surface area contributed by atoms with E-state index in [1.165, 1.54) is 29.2 Å². The number of ether oxygens (including phenoxy) is 1. The fourth-order valence-electron chi connectivity index (χ4n) is 3.12. The quantitative estimate of drug-likeness (QED) is 0.482. The van der Waals surface area contributed by atoms with Gasteiger partial charge in [0, 0.05) is 25.4 Å². The van der Waals surface area contributed by atoms with Crippen LogP contribution in [-0.2, 0) is 14.3 Å². The van der Waals surface area contributed by atoms with E-state index >= 15 is 0 Å². The Morgan fingerprint density at radius 1 is 0.931 bits per heavy atom. The summed E-state index contributed by atoms with van der Waals surface area (Å²) in [7, 11) is 0. The van der Waals surface area contributed by atoms with Gasteiger partial charge < -0.3 is 10.1 Å². The topological polar surface area (TPSA) is 58.6 Å². The molecule has 5 nitrogen and oxygen atoms in total. The number of nitrogens with one attached hydrogen (secondary N) is 1. The first kappa shape index (κ1) is 20.7. The molecular weight excluding hydrogens is 371 g/mol. The summed E-state index contributed by atoms with van der Waals surface area (Å²) >= 11 is 0. The number of hydrogen-bond donors (Lipinski definition) is 1. The number of rotatable bonds is 10. The van der Waals surface area contributed by atoms with Crippen LogP contribution in [0.25, 0.3) is 5.57 Å². The number of imide groups is 1. The van der Waals surface area contributed by atoms with Crippen LogP contribution in [0.4, 0.5) is 10.1 Å². The minimum absolute atomic E-state index is 0.208. The molecule has 3 rings (SSSR count). The molecule has 0 saturated heterocycles. The van der Waals surface area contributed by atoms with E-state index in [1.807, 2.05) is 30.3 Å². The highest BCUT2D eigenvalue weighted by Crippen LogP contribution is 2.30. The van der Waals surface area contributed by atoms with Gasteiger partial charge in [0.15, 0.2) is 0 Å². The van der Waals surface area contributed by atoms with E-state index < -0.39 is 5.82 Å². The molecule has 152 valence electrons. The molecule has 1 aliphatic heterocycles. The SMILES string of the molecule is CCCCOCCCN1C(=O)C(Nc2ccccc2)=C(c2ccc(F)cc2)C1=O. The molecule has 0 aliphatic carbocycles. The van der Waals surface area contributed by atoms with Crippen molar-refractivity contribution in [2.75, 3.05) is 25.1 Å². The average Bonchev–Trinajstić information content (AvgIpc) is 2.96. The predicted octanol–water partition coefficient (Wildman–Crippen LogP) is 4.22. The predicted molar refractivity (Wildman–Crippen MR) is 110 cm³/mol. The Morgan fingerprint density at radius 3 is 2.31 bits per heavy atom. The van der Waals surface area contributed by atoms with Crippen LogP contribution in [0.15, 0.2) is 60.3 Å². The maximum atomic E-state index is 13.4. The van der Waals surface area contributed by atoms with Crippen LogP contribution in [0.2, 0.25) is 0 Å². The van der Waals surface area contributed by atoms with Crippen molar-refractivity contribution in [3.8, 4) is 0 Å². The summed E-state index contributed by atoms with van der Waals surface area (Å²) in [5.41, 5.74) is 1.67. The number of carbonyl (C=O) groups excluding carboxylic acids is 2. The normalized spacial score (nSPS) is 14.1. The first-order valence-electron chi connectivity index (χ1n) is 9.88. The molecule has 0 saturated carbocycles. The van der Waals surface area contributed by atoms with Crippen LogP contribution in [0, 0.1) is 5.82 Å². The van der Waals surface area contributed by atoms with Crippen molar-refractivity contribution in [2.45, 2.75) is 26.2 Å². The molecule has 2 aromatic carbocycles. The molecule has 0 unspecified atom stereocenters. The minimum Gasteiger partial charge on any atom is -0.381 e. The van der Waals surface area contributed by atoms with Gasteiger partial charge in [-0.15, -0.1) is 0 Å². The van der Waals surface area contributed by atoms with Gasteiger partial charge in [0.25, 0.3) is 11.8 Å². The third-order valence-electron chi connectivity index (χ3n) is 4.66. The van der Waals surface area contributed by atoms with E-state index in [0.29, 0.717) is 30.9 Å². The van der Waals surface area contributed by atoms with E-state index in [9.17, 15) is 14.0 Å².